The number of nitrogens with two attached hydrogens (primary N) is 1. The maximum absolute atomic E-state index is 5.96. The van der Waals surface area contributed by atoms with Crippen molar-refractivity contribution in [3.8, 4) is 22.8 Å². The van der Waals surface area contributed by atoms with Crippen LogP contribution in [-0.4, -0.2) is 23.6 Å². The Morgan fingerprint density at radius 1 is 1.09 bits per heavy atom. The Labute approximate surface area is 129 Å². The van der Waals surface area contributed by atoms with Crippen molar-refractivity contribution in [3.63, 3.8) is 0 Å². The van der Waals surface area contributed by atoms with Gasteiger partial charge in [0, 0.05) is 18.3 Å². The molecular weight excluding hydrogens is 278 g/mol. The number of aryl methyl sites for hydroxylation is 1. The SMILES string of the molecule is COc1ccc(-c2nc3ccc(C)cn3c2CN)cc1OC. The molecule has 5 nitrogen and oxygen atoms in total. The zero-order chi connectivity index (χ0) is 15.7. The van der Waals surface area contributed by atoms with Gasteiger partial charge in [-0.2, -0.15) is 0 Å². The van der Waals surface area contributed by atoms with Crippen LogP contribution in [0, 0.1) is 6.92 Å². The summed E-state index contributed by atoms with van der Waals surface area (Å²) in [6.45, 7) is 2.46. The molecule has 0 aliphatic rings. The quantitative estimate of drug-likeness (QED) is 0.804. The Kier molecular flexibility index (Phi) is 3.73. The molecule has 0 bridgehead atoms. The Hall–Kier alpha value is -2.53. The summed E-state index contributed by atoms with van der Waals surface area (Å²) in [5.41, 5.74) is 10.8. The van der Waals surface area contributed by atoms with E-state index in [0.29, 0.717) is 18.0 Å². The number of imidazole rings is 1. The zero-order valence-electron chi connectivity index (χ0n) is 13.0. The maximum Gasteiger partial charge on any atom is 0.161 e. The van der Waals surface area contributed by atoms with Crippen LogP contribution in [0.5, 0.6) is 11.5 Å². The van der Waals surface area contributed by atoms with Gasteiger partial charge in [0.05, 0.1) is 25.6 Å². The summed E-state index contributed by atoms with van der Waals surface area (Å²) in [6.07, 6.45) is 2.05. The number of benzene rings is 1. The lowest BCUT2D eigenvalue weighted by molar-refractivity contribution is 0.355. The Morgan fingerprint density at radius 2 is 1.86 bits per heavy atom. The number of aromatic nitrogens is 2. The number of methoxy groups -OCH3 is 2. The number of pyridine rings is 1. The van der Waals surface area contributed by atoms with E-state index < -0.39 is 0 Å². The Morgan fingerprint density at radius 3 is 2.55 bits per heavy atom. The van der Waals surface area contributed by atoms with Crippen LogP contribution < -0.4 is 15.2 Å². The van der Waals surface area contributed by atoms with Gasteiger partial charge in [-0.25, -0.2) is 4.98 Å². The lowest BCUT2D eigenvalue weighted by Gasteiger charge is -2.09. The van der Waals surface area contributed by atoms with Crippen LogP contribution in [-0.2, 0) is 6.54 Å². The van der Waals surface area contributed by atoms with Crippen LogP contribution in [0.25, 0.3) is 16.9 Å². The number of hydrogen-bond donors (Lipinski definition) is 1. The molecule has 0 saturated carbocycles. The van der Waals surface area contributed by atoms with E-state index in [1.807, 2.05) is 34.7 Å². The molecule has 22 heavy (non-hydrogen) atoms. The van der Waals surface area contributed by atoms with Crippen LogP contribution in [0.1, 0.15) is 11.3 Å². The second-order valence-corrected chi connectivity index (χ2v) is 5.12. The summed E-state index contributed by atoms with van der Waals surface area (Å²) in [5, 5.41) is 0. The summed E-state index contributed by atoms with van der Waals surface area (Å²) >= 11 is 0. The first-order valence-electron chi connectivity index (χ1n) is 7.08. The van der Waals surface area contributed by atoms with Crippen LogP contribution in [0.4, 0.5) is 0 Å². The van der Waals surface area contributed by atoms with Crippen molar-refractivity contribution in [1.29, 1.82) is 0 Å². The van der Waals surface area contributed by atoms with Crippen molar-refractivity contribution in [1.82, 2.24) is 9.38 Å². The molecule has 0 aliphatic carbocycles. The average Bonchev–Trinajstić information content (AvgIpc) is 2.91. The summed E-state index contributed by atoms with van der Waals surface area (Å²) < 4.78 is 12.7. The predicted octanol–water partition coefficient (Wildman–Crippen LogP) is 2.79. The molecule has 0 radical (unpaired) electrons. The summed E-state index contributed by atoms with van der Waals surface area (Å²) in [4.78, 5) is 4.71. The molecule has 0 saturated heterocycles. The van der Waals surface area contributed by atoms with Gasteiger partial charge in [0.25, 0.3) is 0 Å². The molecule has 0 amide bonds. The van der Waals surface area contributed by atoms with Crippen molar-refractivity contribution >= 4 is 5.65 Å². The normalized spacial score (nSPS) is 10.9. The molecule has 3 aromatic rings. The smallest absolute Gasteiger partial charge is 0.161 e. The van der Waals surface area contributed by atoms with Gasteiger partial charge >= 0.3 is 0 Å². The van der Waals surface area contributed by atoms with Gasteiger partial charge in [0.2, 0.25) is 0 Å². The molecule has 2 N–H and O–H groups in total. The standard InChI is InChI=1S/C17H19N3O2/c1-11-4-7-16-19-17(13(9-18)20(16)10-11)12-5-6-14(21-2)15(8-12)22-3/h4-8,10H,9,18H2,1-3H3. The van der Waals surface area contributed by atoms with E-state index in [4.69, 9.17) is 20.2 Å². The van der Waals surface area contributed by atoms with E-state index >= 15 is 0 Å². The second kappa shape index (κ2) is 5.69. The van der Waals surface area contributed by atoms with E-state index in [9.17, 15) is 0 Å². The molecule has 1 aromatic carbocycles. The highest BCUT2D eigenvalue weighted by Gasteiger charge is 2.15. The molecular formula is C17H19N3O2. The highest BCUT2D eigenvalue weighted by Crippen LogP contribution is 2.33. The average molecular weight is 297 g/mol. The van der Waals surface area contributed by atoms with Gasteiger partial charge in [0.1, 0.15) is 5.65 Å². The summed E-state index contributed by atoms with van der Waals surface area (Å²) in [6, 6.07) is 9.81. The van der Waals surface area contributed by atoms with Gasteiger partial charge in [0.15, 0.2) is 11.5 Å². The first kappa shape index (κ1) is 14.4. The van der Waals surface area contributed by atoms with Crippen molar-refractivity contribution < 1.29 is 9.47 Å². The zero-order valence-corrected chi connectivity index (χ0v) is 13.0. The number of fused-ring (bicyclic) bond motifs is 1. The predicted molar refractivity (Wildman–Crippen MR) is 86.4 cm³/mol. The number of hydrogen-bond acceptors (Lipinski definition) is 4. The second-order valence-electron chi connectivity index (χ2n) is 5.12. The van der Waals surface area contributed by atoms with Gasteiger partial charge in [-0.05, 0) is 36.8 Å². The lowest BCUT2D eigenvalue weighted by atomic mass is 10.1. The third-order valence-corrected chi connectivity index (χ3v) is 3.72. The van der Waals surface area contributed by atoms with Crippen molar-refractivity contribution in [2.24, 2.45) is 5.73 Å². The lowest BCUT2D eigenvalue weighted by Crippen LogP contribution is -2.03. The van der Waals surface area contributed by atoms with Crippen LogP contribution in [0.15, 0.2) is 36.5 Å². The van der Waals surface area contributed by atoms with Crippen molar-refractivity contribution in [3.05, 3.63) is 47.8 Å². The fourth-order valence-electron chi connectivity index (χ4n) is 2.61. The molecule has 0 fully saturated rings. The van der Waals surface area contributed by atoms with E-state index in [1.165, 1.54) is 5.56 Å². The summed E-state index contributed by atoms with van der Waals surface area (Å²) in [7, 11) is 3.25. The maximum atomic E-state index is 5.96. The molecule has 0 spiro atoms. The Bertz CT molecular complexity index is 824. The molecule has 2 heterocycles. The van der Waals surface area contributed by atoms with Crippen LogP contribution in [0.2, 0.25) is 0 Å². The minimum Gasteiger partial charge on any atom is -0.493 e. The molecule has 0 atom stereocenters. The highest BCUT2D eigenvalue weighted by atomic mass is 16.5. The molecule has 3 rings (SSSR count). The Balaban J connectivity index is 2.21. The number of nitrogens with zero attached hydrogens (tertiary/aromatic N) is 2. The van der Waals surface area contributed by atoms with E-state index in [-0.39, 0.29) is 0 Å². The monoisotopic (exact) mass is 297 g/mol. The third kappa shape index (κ3) is 2.29. The van der Waals surface area contributed by atoms with Crippen molar-refractivity contribution in [2.75, 3.05) is 14.2 Å². The van der Waals surface area contributed by atoms with E-state index in [1.54, 1.807) is 14.2 Å². The topological polar surface area (TPSA) is 61.8 Å². The highest BCUT2D eigenvalue weighted by molar-refractivity contribution is 5.69. The first-order chi connectivity index (χ1) is 10.7. The minimum absolute atomic E-state index is 0.411. The molecule has 2 aromatic heterocycles. The van der Waals surface area contributed by atoms with Gasteiger partial charge in [-0.15, -0.1) is 0 Å². The number of ether oxygens (including phenoxy) is 2. The van der Waals surface area contributed by atoms with E-state index in [2.05, 4.69) is 13.1 Å². The third-order valence-electron chi connectivity index (χ3n) is 3.72. The van der Waals surface area contributed by atoms with Crippen LogP contribution in [0.3, 0.4) is 0 Å². The molecule has 0 unspecified atom stereocenters. The largest absolute Gasteiger partial charge is 0.493 e. The molecule has 0 aliphatic heterocycles. The fourth-order valence-corrected chi connectivity index (χ4v) is 2.61. The fraction of sp³-hybridized carbons (Fsp3) is 0.235. The molecule has 114 valence electrons. The summed E-state index contributed by atoms with van der Waals surface area (Å²) in [5.74, 6) is 1.37. The minimum atomic E-state index is 0.411. The molecule has 5 heteroatoms. The van der Waals surface area contributed by atoms with Crippen molar-refractivity contribution in [2.45, 2.75) is 13.5 Å². The first-order valence-corrected chi connectivity index (χ1v) is 7.08. The van der Waals surface area contributed by atoms with Gasteiger partial charge in [-0.3, -0.25) is 0 Å². The van der Waals surface area contributed by atoms with Gasteiger partial charge < -0.3 is 19.6 Å². The van der Waals surface area contributed by atoms with Crippen LogP contribution >= 0.6 is 0 Å². The number of rotatable bonds is 4. The van der Waals surface area contributed by atoms with E-state index in [0.717, 1.165) is 22.6 Å². The van der Waals surface area contributed by atoms with Gasteiger partial charge in [-0.1, -0.05) is 6.07 Å².